The second kappa shape index (κ2) is 7.45. The van der Waals surface area contributed by atoms with Crippen molar-refractivity contribution in [1.82, 2.24) is 14.9 Å². The molecular weight excluding hydrogens is 344 g/mol. The van der Waals surface area contributed by atoms with E-state index in [0.717, 1.165) is 22.5 Å². The molecule has 1 aromatic carbocycles. The van der Waals surface area contributed by atoms with Gasteiger partial charge in [0.2, 0.25) is 0 Å². The summed E-state index contributed by atoms with van der Waals surface area (Å²) < 4.78 is 3.02. The maximum Gasteiger partial charge on any atom is 0.319 e. The van der Waals surface area contributed by atoms with Crippen LogP contribution in [0.15, 0.2) is 41.1 Å². The van der Waals surface area contributed by atoms with Crippen molar-refractivity contribution in [3.8, 4) is 0 Å². The molecule has 2 N–H and O–H groups in total. The Hall–Kier alpha value is -1.82. The smallest absolute Gasteiger partial charge is 0.319 e. The Morgan fingerprint density at radius 2 is 2.00 bits per heavy atom. The number of nitrogens with one attached hydrogen (secondary N) is 2. The Bertz CT molecular complexity index is 621. The number of urea groups is 1. The first-order valence-electron chi connectivity index (χ1n) is 7.35. The standard InChI is InChI=1S/C16H21BrN4O/c1-4-21-10-9-18-15(21)14(11(2)3)20-16(22)19-13-7-5-12(17)6-8-13/h5-11,14H,4H2,1-3H3,(H2,19,20,22). The van der Waals surface area contributed by atoms with E-state index in [0.29, 0.717) is 0 Å². The van der Waals surface area contributed by atoms with Gasteiger partial charge in [-0.15, -0.1) is 0 Å². The minimum absolute atomic E-state index is 0.134. The lowest BCUT2D eigenvalue weighted by atomic mass is 10.0. The Kier molecular flexibility index (Phi) is 5.60. The fourth-order valence-corrected chi connectivity index (χ4v) is 2.50. The molecule has 2 amide bonds. The maximum atomic E-state index is 12.2. The molecule has 1 atom stereocenters. The molecule has 1 unspecified atom stereocenters. The quantitative estimate of drug-likeness (QED) is 0.835. The van der Waals surface area contributed by atoms with Crippen LogP contribution in [0.2, 0.25) is 0 Å². The molecule has 22 heavy (non-hydrogen) atoms. The summed E-state index contributed by atoms with van der Waals surface area (Å²) in [5, 5.41) is 5.86. The number of rotatable bonds is 5. The van der Waals surface area contributed by atoms with Gasteiger partial charge in [0, 0.05) is 29.1 Å². The molecule has 0 aliphatic rings. The first-order chi connectivity index (χ1) is 10.5. The highest BCUT2D eigenvalue weighted by Crippen LogP contribution is 2.21. The summed E-state index contributed by atoms with van der Waals surface area (Å²) in [6.07, 6.45) is 3.70. The van der Waals surface area contributed by atoms with Crippen LogP contribution in [-0.2, 0) is 6.54 Å². The van der Waals surface area contributed by atoms with Gasteiger partial charge in [-0.1, -0.05) is 29.8 Å². The lowest BCUT2D eigenvalue weighted by molar-refractivity contribution is 0.243. The molecule has 0 saturated heterocycles. The van der Waals surface area contributed by atoms with E-state index in [-0.39, 0.29) is 18.0 Å². The molecule has 0 aliphatic heterocycles. The molecule has 0 aliphatic carbocycles. The normalized spacial score (nSPS) is 12.2. The number of benzene rings is 1. The van der Waals surface area contributed by atoms with Crippen molar-refractivity contribution >= 4 is 27.6 Å². The zero-order valence-corrected chi connectivity index (χ0v) is 14.6. The SMILES string of the molecule is CCn1ccnc1C(NC(=O)Nc1ccc(Br)cc1)C(C)C. The first-order valence-corrected chi connectivity index (χ1v) is 8.14. The number of hydrogen-bond donors (Lipinski definition) is 2. The second-order valence-corrected chi connectivity index (χ2v) is 6.31. The fraction of sp³-hybridized carbons (Fsp3) is 0.375. The number of anilines is 1. The van der Waals surface area contributed by atoms with Crippen molar-refractivity contribution in [1.29, 1.82) is 0 Å². The van der Waals surface area contributed by atoms with Crippen LogP contribution in [0.3, 0.4) is 0 Å². The van der Waals surface area contributed by atoms with E-state index in [1.807, 2.05) is 35.0 Å². The summed E-state index contributed by atoms with van der Waals surface area (Å²) in [5.74, 6) is 1.12. The molecule has 0 fully saturated rings. The minimum Gasteiger partial charge on any atom is -0.333 e. The van der Waals surface area contributed by atoms with E-state index in [1.165, 1.54) is 0 Å². The number of aryl methyl sites for hydroxylation is 1. The largest absolute Gasteiger partial charge is 0.333 e. The number of carbonyl (C=O) groups is 1. The highest BCUT2D eigenvalue weighted by atomic mass is 79.9. The minimum atomic E-state index is -0.230. The fourth-order valence-electron chi connectivity index (χ4n) is 2.24. The van der Waals surface area contributed by atoms with Gasteiger partial charge in [-0.05, 0) is 37.1 Å². The van der Waals surface area contributed by atoms with E-state index < -0.39 is 0 Å². The molecular formula is C16H21BrN4O. The van der Waals surface area contributed by atoms with Crippen molar-refractivity contribution < 1.29 is 4.79 Å². The van der Waals surface area contributed by atoms with Crippen LogP contribution in [-0.4, -0.2) is 15.6 Å². The van der Waals surface area contributed by atoms with Crippen LogP contribution in [0.4, 0.5) is 10.5 Å². The molecule has 0 spiro atoms. The van der Waals surface area contributed by atoms with Crippen molar-refractivity contribution in [2.75, 3.05) is 5.32 Å². The lowest BCUT2D eigenvalue weighted by Crippen LogP contribution is -2.36. The highest BCUT2D eigenvalue weighted by molar-refractivity contribution is 9.10. The zero-order chi connectivity index (χ0) is 16.1. The summed E-state index contributed by atoms with van der Waals surface area (Å²) in [4.78, 5) is 16.6. The summed E-state index contributed by atoms with van der Waals surface area (Å²) in [5.41, 5.74) is 0.752. The predicted octanol–water partition coefficient (Wildman–Crippen LogP) is 4.18. The van der Waals surface area contributed by atoms with Crippen LogP contribution in [0, 0.1) is 5.92 Å². The summed E-state index contributed by atoms with van der Waals surface area (Å²) >= 11 is 3.37. The van der Waals surface area contributed by atoms with Gasteiger partial charge in [-0.25, -0.2) is 9.78 Å². The molecule has 6 heteroatoms. The monoisotopic (exact) mass is 364 g/mol. The van der Waals surface area contributed by atoms with E-state index in [9.17, 15) is 4.79 Å². The Balaban J connectivity index is 2.08. The molecule has 2 rings (SSSR count). The van der Waals surface area contributed by atoms with Crippen LogP contribution < -0.4 is 10.6 Å². The Morgan fingerprint density at radius 1 is 1.32 bits per heavy atom. The average Bonchev–Trinajstić information content (AvgIpc) is 2.95. The third kappa shape index (κ3) is 4.10. The van der Waals surface area contributed by atoms with Crippen LogP contribution >= 0.6 is 15.9 Å². The summed E-state index contributed by atoms with van der Waals surface area (Å²) in [6.45, 7) is 7.03. The highest BCUT2D eigenvalue weighted by Gasteiger charge is 2.22. The molecule has 0 bridgehead atoms. The van der Waals surface area contributed by atoms with E-state index in [1.54, 1.807) is 6.20 Å². The van der Waals surface area contributed by atoms with E-state index >= 15 is 0 Å². The predicted molar refractivity (Wildman–Crippen MR) is 91.8 cm³/mol. The topological polar surface area (TPSA) is 59.0 Å². The molecule has 5 nitrogen and oxygen atoms in total. The van der Waals surface area contributed by atoms with E-state index in [2.05, 4.69) is 52.3 Å². The van der Waals surface area contributed by atoms with Gasteiger partial charge in [0.25, 0.3) is 0 Å². The van der Waals surface area contributed by atoms with Gasteiger partial charge in [0.05, 0.1) is 6.04 Å². The third-order valence-electron chi connectivity index (χ3n) is 3.42. The number of hydrogen-bond acceptors (Lipinski definition) is 2. The number of carbonyl (C=O) groups excluding carboxylic acids is 1. The molecule has 0 saturated carbocycles. The molecule has 118 valence electrons. The molecule has 1 aromatic heterocycles. The van der Waals surface area contributed by atoms with Gasteiger partial charge >= 0.3 is 6.03 Å². The van der Waals surface area contributed by atoms with Crippen LogP contribution in [0.5, 0.6) is 0 Å². The van der Waals surface area contributed by atoms with Gasteiger partial charge in [-0.2, -0.15) is 0 Å². The van der Waals surface area contributed by atoms with Crippen LogP contribution in [0.1, 0.15) is 32.6 Å². The molecule has 0 radical (unpaired) electrons. The van der Waals surface area contributed by atoms with Crippen molar-refractivity contribution in [2.45, 2.75) is 33.4 Å². The number of nitrogens with zero attached hydrogens (tertiary/aromatic N) is 2. The zero-order valence-electron chi connectivity index (χ0n) is 13.0. The second-order valence-electron chi connectivity index (χ2n) is 5.40. The third-order valence-corrected chi connectivity index (χ3v) is 3.95. The number of amides is 2. The summed E-state index contributed by atoms with van der Waals surface area (Å²) in [7, 11) is 0. The average molecular weight is 365 g/mol. The van der Waals surface area contributed by atoms with Crippen LogP contribution in [0.25, 0.3) is 0 Å². The maximum absolute atomic E-state index is 12.2. The Labute approximate surface area is 139 Å². The van der Waals surface area contributed by atoms with Gasteiger partial charge < -0.3 is 15.2 Å². The number of aromatic nitrogens is 2. The molecule has 2 aromatic rings. The van der Waals surface area contributed by atoms with Gasteiger partial charge in [-0.3, -0.25) is 0 Å². The number of imidazole rings is 1. The number of halogens is 1. The first kappa shape index (κ1) is 16.5. The molecule has 1 heterocycles. The van der Waals surface area contributed by atoms with Crippen molar-refractivity contribution in [3.05, 3.63) is 47.0 Å². The van der Waals surface area contributed by atoms with Crippen molar-refractivity contribution in [2.24, 2.45) is 5.92 Å². The Morgan fingerprint density at radius 3 is 2.59 bits per heavy atom. The summed E-state index contributed by atoms with van der Waals surface area (Å²) in [6, 6.07) is 7.11. The van der Waals surface area contributed by atoms with Gasteiger partial charge in [0.1, 0.15) is 5.82 Å². The van der Waals surface area contributed by atoms with E-state index in [4.69, 9.17) is 0 Å². The van der Waals surface area contributed by atoms with Crippen molar-refractivity contribution in [3.63, 3.8) is 0 Å². The lowest BCUT2D eigenvalue weighted by Gasteiger charge is -2.23. The van der Waals surface area contributed by atoms with Gasteiger partial charge in [0.15, 0.2) is 0 Å².